The van der Waals surface area contributed by atoms with Crippen LogP contribution >= 0.6 is 0 Å². The molecule has 204 valence electrons. The summed E-state index contributed by atoms with van der Waals surface area (Å²) in [4.78, 5) is 53.0. The quantitative estimate of drug-likeness (QED) is 0.504. The zero-order valence-corrected chi connectivity index (χ0v) is 22.4. The van der Waals surface area contributed by atoms with Gasteiger partial charge in [-0.15, -0.1) is 0 Å². The number of hydrogen-bond acceptors (Lipinski definition) is 5. The third-order valence-corrected chi connectivity index (χ3v) is 6.56. The summed E-state index contributed by atoms with van der Waals surface area (Å²) >= 11 is 0. The summed E-state index contributed by atoms with van der Waals surface area (Å²) in [5.74, 6) is -0.994. The van der Waals surface area contributed by atoms with Gasteiger partial charge in [-0.2, -0.15) is 0 Å². The van der Waals surface area contributed by atoms with Crippen LogP contribution in [0, 0.1) is 5.92 Å². The van der Waals surface area contributed by atoms with E-state index in [-0.39, 0.29) is 61.2 Å². The molecule has 4 amide bonds. The van der Waals surface area contributed by atoms with Crippen molar-refractivity contribution in [2.24, 2.45) is 5.92 Å². The lowest BCUT2D eigenvalue weighted by Crippen LogP contribution is -2.48. The third kappa shape index (κ3) is 8.61. The molecule has 1 aliphatic heterocycles. The predicted molar refractivity (Wildman–Crippen MR) is 145 cm³/mol. The summed E-state index contributed by atoms with van der Waals surface area (Å²) in [6.45, 7) is 4.39. The summed E-state index contributed by atoms with van der Waals surface area (Å²) in [6.07, 6.45) is 1.64. The number of carbonyl (C=O) groups is 4. The first-order valence-corrected chi connectivity index (χ1v) is 13.1. The SMILES string of the molecule is CC(C)[C@H]1COc2ccccc2C(=O)N[C@H](C(=O)NCCCc2ccccc2)CCC(=O)N(C)CC(=O)N1. The minimum atomic E-state index is -0.924. The number of ether oxygens (including phenoxy) is 1. The van der Waals surface area contributed by atoms with Crippen molar-refractivity contribution in [3.63, 3.8) is 0 Å². The summed E-state index contributed by atoms with van der Waals surface area (Å²) in [5, 5.41) is 8.61. The average Bonchev–Trinajstić information content (AvgIpc) is 2.91. The van der Waals surface area contributed by atoms with Gasteiger partial charge >= 0.3 is 0 Å². The fraction of sp³-hybridized carbons (Fsp3) is 0.448. The molecule has 9 nitrogen and oxygen atoms in total. The van der Waals surface area contributed by atoms with Gasteiger partial charge in [0.05, 0.1) is 18.2 Å². The highest BCUT2D eigenvalue weighted by Gasteiger charge is 2.26. The van der Waals surface area contributed by atoms with E-state index in [1.165, 1.54) is 10.5 Å². The number of likely N-dealkylation sites (N-methyl/N-ethyl adjacent to an activating group) is 1. The van der Waals surface area contributed by atoms with Gasteiger partial charge in [-0.05, 0) is 42.9 Å². The minimum absolute atomic E-state index is 0.00207. The maximum Gasteiger partial charge on any atom is 0.255 e. The molecule has 0 aliphatic carbocycles. The molecule has 0 spiro atoms. The van der Waals surface area contributed by atoms with Gasteiger partial charge in [-0.1, -0.05) is 56.3 Å². The monoisotopic (exact) mass is 522 g/mol. The van der Waals surface area contributed by atoms with Gasteiger partial charge in [0.2, 0.25) is 17.7 Å². The van der Waals surface area contributed by atoms with Crippen LogP contribution in [0.1, 0.15) is 49.0 Å². The summed E-state index contributed by atoms with van der Waals surface area (Å²) in [6, 6.07) is 15.5. The minimum Gasteiger partial charge on any atom is -0.491 e. The predicted octanol–water partition coefficient (Wildman–Crippen LogP) is 2.31. The zero-order chi connectivity index (χ0) is 27.5. The number of carbonyl (C=O) groups excluding carboxylic acids is 4. The Morgan fingerprint density at radius 2 is 1.76 bits per heavy atom. The highest BCUT2D eigenvalue weighted by Crippen LogP contribution is 2.20. The van der Waals surface area contributed by atoms with Crippen LogP contribution in [0.2, 0.25) is 0 Å². The van der Waals surface area contributed by atoms with Gasteiger partial charge in [0.1, 0.15) is 18.4 Å². The van der Waals surface area contributed by atoms with Crippen molar-refractivity contribution in [2.75, 3.05) is 26.7 Å². The number of fused-ring (bicyclic) bond motifs is 1. The first kappa shape index (κ1) is 28.7. The van der Waals surface area contributed by atoms with Gasteiger partial charge in [0, 0.05) is 20.0 Å². The average molecular weight is 523 g/mol. The Morgan fingerprint density at radius 3 is 2.50 bits per heavy atom. The highest BCUT2D eigenvalue weighted by atomic mass is 16.5. The second kappa shape index (κ2) is 14.2. The van der Waals surface area contributed by atoms with Crippen LogP contribution in [-0.2, 0) is 20.8 Å². The largest absolute Gasteiger partial charge is 0.491 e. The lowest BCUT2D eigenvalue weighted by Gasteiger charge is -2.24. The Bertz CT molecular complexity index is 1110. The first-order valence-electron chi connectivity index (χ1n) is 13.1. The molecule has 0 saturated carbocycles. The molecule has 1 aliphatic rings. The van der Waals surface area contributed by atoms with Crippen LogP contribution in [0.4, 0.5) is 0 Å². The number of amides is 4. The molecule has 3 N–H and O–H groups in total. The molecule has 0 unspecified atom stereocenters. The van der Waals surface area contributed by atoms with Crippen molar-refractivity contribution in [1.82, 2.24) is 20.9 Å². The number of para-hydroxylation sites is 1. The van der Waals surface area contributed by atoms with Crippen LogP contribution in [0.3, 0.4) is 0 Å². The van der Waals surface area contributed by atoms with Crippen LogP contribution < -0.4 is 20.7 Å². The van der Waals surface area contributed by atoms with Crippen molar-refractivity contribution < 1.29 is 23.9 Å². The van der Waals surface area contributed by atoms with E-state index >= 15 is 0 Å². The molecule has 1 heterocycles. The fourth-order valence-corrected chi connectivity index (χ4v) is 4.15. The Labute approximate surface area is 224 Å². The summed E-state index contributed by atoms with van der Waals surface area (Å²) in [5.41, 5.74) is 1.46. The van der Waals surface area contributed by atoms with E-state index < -0.39 is 11.9 Å². The normalized spacial score (nSPS) is 19.4. The van der Waals surface area contributed by atoms with E-state index in [0.717, 1.165) is 12.8 Å². The maximum absolute atomic E-state index is 13.3. The Hall–Kier alpha value is -3.88. The van der Waals surface area contributed by atoms with E-state index in [2.05, 4.69) is 16.0 Å². The zero-order valence-electron chi connectivity index (χ0n) is 22.4. The summed E-state index contributed by atoms with van der Waals surface area (Å²) in [7, 11) is 1.55. The number of aryl methyl sites for hydroxylation is 1. The van der Waals surface area contributed by atoms with Gasteiger partial charge in [-0.25, -0.2) is 0 Å². The van der Waals surface area contributed by atoms with Crippen LogP contribution in [0.25, 0.3) is 0 Å². The molecular formula is C29H38N4O5. The van der Waals surface area contributed by atoms with Gasteiger partial charge in [0.15, 0.2) is 0 Å². The molecule has 2 atom stereocenters. The molecule has 0 saturated heterocycles. The Balaban J connectivity index is 1.75. The Kier molecular flexibility index (Phi) is 10.7. The molecule has 2 aromatic carbocycles. The smallest absolute Gasteiger partial charge is 0.255 e. The number of nitrogens with zero attached hydrogens (tertiary/aromatic N) is 1. The molecule has 0 radical (unpaired) electrons. The highest BCUT2D eigenvalue weighted by molar-refractivity contribution is 5.99. The van der Waals surface area contributed by atoms with E-state index in [0.29, 0.717) is 12.3 Å². The molecule has 38 heavy (non-hydrogen) atoms. The topological polar surface area (TPSA) is 117 Å². The fourth-order valence-electron chi connectivity index (χ4n) is 4.15. The number of rotatable bonds is 6. The molecule has 9 heteroatoms. The van der Waals surface area contributed by atoms with E-state index in [4.69, 9.17) is 4.74 Å². The van der Waals surface area contributed by atoms with Crippen LogP contribution in [-0.4, -0.2) is 67.4 Å². The molecule has 0 bridgehead atoms. The lowest BCUT2D eigenvalue weighted by atomic mass is 10.1. The van der Waals surface area contributed by atoms with E-state index in [1.807, 2.05) is 44.2 Å². The lowest BCUT2D eigenvalue weighted by molar-refractivity contribution is -0.135. The second-order valence-corrected chi connectivity index (χ2v) is 9.92. The molecular weight excluding hydrogens is 484 g/mol. The van der Waals surface area contributed by atoms with Crippen LogP contribution in [0.15, 0.2) is 54.6 Å². The van der Waals surface area contributed by atoms with Crippen molar-refractivity contribution >= 4 is 23.6 Å². The van der Waals surface area contributed by atoms with Crippen molar-refractivity contribution in [3.05, 3.63) is 65.7 Å². The molecule has 0 aromatic heterocycles. The van der Waals surface area contributed by atoms with Gasteiger partial charge < -0.3 is 25.6 Å². The third-order valence-electron chi connectivity index (χ3n) is 6.56. The van der Waals surface area contributed by atoms with E-state index in [9.17, 15) is 19.2 Å². The van der Waals surface area contributed by atoms with Gasteiger partial charge in [0.25, 0.3) is 5.91 Å². The number of nitrogens with one attached hydrogen (secondary N) is 3. The first-order chi connectivity index (χ1) is 18.2. The van der Waals surface area contributed by atoms with E-state index in [1.54, 1.807) is 31.3 Å². The standard InChI is InChI=1S/C29H38N4O5/c1-20(2)24-19-38-25-14-8-7-13-22(25)28(36)32-23(15-16-27(35)33(3)18-26(34)31-24)29(37)30-17-9-12-21-10-5-4-6-11-21/h4-8,10-11,13-14,20,23-24H,9,12,15-19H2,1-3H3,(H,30,37)(H,31,34)(H,32,36)/t23-,24+/m0/s1. The molecule has 3 rings (SSSR count). The maximum atomic E-state index is 13.3. The van der Waals surface area contributed by atoms with Crippen LogP contribution in [0.5, 0.6) is 5.75 Å². The second-order valence-electron chi connectivity index (χ2n) is 9.92. The summed E-state index contributed by atoms with van der Waals surface area (Å²) < 4.78 is 5.96. The van der Waals surface area contributed by atoms with Gasteiger partial charge in [-0.3, -0.25) is 19.2 Å². The van der Waals surface area contributed by atoms with Crippen molar-refractivity contribution in [1.29, 1.82) is 0 Å². The molecule has 0 fully saturated rings. The number of benzene rings is 2. The Morgan fingerprint density at radius 1 is 1.05 bits per heavy atom. The van der Waals surface area contributed by atoms with Crippen molar-refractivity contribution in [2.45, 2.75) is 51.6 Å². The van der Waals surface area contributed by atoms with Crippen molar-refractivity contribution in [3.8, 4) is 5.75 Å². The number of hydrogen-bond donors (Lipinski definition) is 3. The molecule has 2 aromatic rings.